The first-order chi connectivity index (χ1) is 10.3. The van der Waals surface area contributed by atoms with Crippen LogP contribution in [-0.2, 0) is 9.47 Å². The van der Waals surface area contributed by atoms with Gasteiger partial charge in [-0.25, -0.2) is 4.79 Å². The van der Waals surface area contributed by atoms with E-state index in [1.165, 1.54) is 6.07 Å². The predicted octanol–water partition coefficient (Wildman–Crippen LogP) is 2.44. The van der Waals surface area contributed by atoms with E-state index in [1.807, 2.05) is 12.1 Å². The van der Waals surface area contributed by atoms with E-state index < -0.39 is 0 Å². The fraction of sp³-hybridized carbons (Fsp3) is 0.400. The molecule has 21 heavy (non-hydrogen) atoms. The van der Waals surface area contributed by atoms with Gasteiger partial charge in [-0.05, 0) is 18.2 Å². The molecule has 0 bridgehead atoms. The summed E-state index contributed by atoms with van der Waals surface area (Å²) < 4.78 is 21.1. The highest BCUT2D eigenvalue weighted by molar-refractivity contribution is 6.17. The minimum absolute atomic E-state index is 0.375. The zero-order valence-corrected chi connectivity index (χ0v) is 12.3. The lowest BCUT2D eigenvalue weighted by molar-refractivity contribution is 0.0410. The molecule has 5 nitrogen and oxygen atoms in total. The molecule has 2 aromatic rings. The van der Waals surface area contributed by atoms with E-state index >= 15 is 0 Å². The molecular weight excluding hydrogens is 296 g/mol. The Hall–Kier alpha value is -1.56. The Balaban J connectivity index is 1.72. The molecule has 0 radical (unpaired) electrons. The SMILES string of the molecule is O=c1ccc2ccc(OCCOCCOCCCl)cc2o1. The molecule has 0 unspecified atom stereocenters. The maximum atomic E-state index is 11.2. The van der Waals surface area contributed by atoms with Crippen molar-refractivity contribution in [1.82, 2.24) is 0 Å². The van der Waals surface area contributed by atoms with E-state index in [9.17, 15) is 4.79 Å². The van der Waals surface area contributed by atoms with E-state index in [4.69, 9.17) is 30.2 Å². The molecule has 0 saturated carbocycles. The Morgan fingerprint density at radius 3 is 2.48 bits per heavy atom. The van der Waals surface area contributed by atoms with Crippen LogP contribution in [0.1, 0.15) is 0 Å². The number of ether oxygens (including phenoxy) is 3. The van der Waals surface area contributed by atoms with Crippen molar-refractivity contribution in [2.24, 2.45) is 0 Å². The van der Waals surface area contributed by atoms with Gasteiger partial charge < -0.3 is 18.6 Å². The van der Waals surface area contributed by atoms with Gasteiger partial charge >= 0.3 is 5.63 Å². The lowest BCUT2D eigenvalue weighted by atomic mass is 10.2. The van der Waals surface area contributed by atoms with Crippen molar-refractivity contribution in [3.8, 4) is 5.75 Å². The van der Waals surface area contributed by atoms with Gasteiger partial charge in [0.25, 0.3) is 0 Å². The zero-order chi connectivity index (χ0) is 14.9. The van der Waals surface area contributed by atoms with Gasteiger partial charge in [0, 0.05) is 23.4 Å². The molecule has 2 rings (SSSR count). The molecule has 1 heterocycles. The molecule has 0 N–H and O–H groups in total. The Labute approximate surface area is 127 Å². The lowest BCUT2D eigenvalue weighted by Gasteiger charge is -2.08. The van der Waals surface area contributed by atoms with Crippen molar-refractivity contribution in [2.45, 2.75) is 0 Å². The van der Waals surface area contributed by atoms with Gasteiger partial charge in [-0.1, -0.05) is 0 Å². The van der Waals surface area contributed by atoms with Gasteiger partial charge in [-0.15, -0.1) is 11.6 Å². The number of hydrogen-bond donors (Lipinski definition) is 0. The first-order valence-electron chi connectivity index (χ1n) is 6.68. The summed E-state index contributed by atoms with van der Waals surface area (Å²) in [7, 11) is 0. The van der Waals surface area contributed by atoms with E-state index in [-0.39, 0.29) is 5.63 Å². The minimum atomic E-state index is -0.375. The molecule has 0 spiro atoms. The summed E-state index contributed by atoms with van der Waals surface area (Å²) in [6.45, 7) is 2.43. The Morgan fingerprint density at radius 2 is 1.67 bits per heavy atom. The Kier molecular flexibility index (Phi) is 6.53. The summed E-state index contributed by atoms with van der Waals surface area (Å²) in [4.78, 5) is 11.2. The highest BCUT2D eigenvalue weighted by Gasteiger charge is 2.00. The largest absolute Gasteiger partial charge is 0.491 e. The molecule has 0 saturated heterocycles. The number of halogens is 1. The van der Waals surface area contributed by atoms with Crippen LogP contribution in [0.4, 0.5) is 0 Å². The van der Waals surface area contributed by atoms with Crippen LogP contribution in [0.15, 0.2) is 39.5 Å². The molecular formula is C15H17ClO5. The number of fused-ring (bicyclic) bond motifs is 1. The second-order valence-corrected chi connectivity index (χ2v) is 4.59. The Bertz CT molecular complexity index is 610. The third-order valence-corrected chi connectivity index (χ3v) is 2.84. The first-order valence-corrected chi connectivity index (χ1v) is 7.21. The molecule has 0 fully saturated rings. The van der Waals surface area contributed by atoms with Crippen LogP contribution in [-0.4, -0.2) is 38.9 Å². The van der Waals surface area contributed by atoms with Gasteiger partial charge in [-0.2, -0.15) is 0 Å². The molecule has 0 amide bonds. The average molecular weight is 313 g/mol. The van der Waals surface area contributed by atoms with Crippen molar-refractivity contribution in [3.63, 3.8) is 0 Å². The molecule has 1 aromatic heterocycles. The Morgan fingerprint density at radius 1 is 0.952 bits per heavy atom. The third kappa shape index (κ3) is 5.38. The molecule has 0 aliphatic carbocycles. The van der Waals surface area contributed by atoms with Crippen molar-refractivity contribution < 1.29 is 18.6 Å². The van der Waals surface area contributed by atoms with Gasteiger partial charge in [-0.3, -0.25) is 0 Å². The fourth-order valence-electron chi connectivity index (χ4n) is 1.73. The van der Waals surface area contributed by atoms with Crippen molar-refractivity contribution in [3.05, 3.63) is 40.8 Å². The molecule has 0 atom stereocenters. The first kappa shape index (κ1) is 15.8. The summed E-state index contributed by atoms with van der Waals surface area (Å²) in [6, 6.07) is 8.47. The summed E-state index contributed by atoms with van der Waals surface area (Å²) in [5, 5.41) is 0.856. The van der Waals surface area contributed by atoms with Crippen molar-refractivity contribution >= 4 is 22.6 Å². The van der Waals surface area contributed by atoms with Gasteiger partial charge in [0.05, 0.1) is 26.4 Å². The summed E-state index contributed by atoms with van der Waals surface area (Å²) in [5.41, 5.74) is 0.135. The van der Waals surface area contributed by atoms with Crippen LogP contribution in [0.3, 0.4) is 0 Å². The van der Waals surface area contributed by atoms with Crippen molar-refractivity contribution in [2.75, 3.05) is 38.9 Å². The smallest absolute Gasteiger partial charge is 0.336 e. The van der Waals surface area contributed by atoms with Crippen LogP contribution in [0.5, 0.6) is 5.75 Å². The van der Waals surface area contributed by atoms with E-state index in [0.29, 0.717) is 50.2 Å². The maximum Gasteiger partial charge on any atom is 0.336 e. The number of alkyl halides is 1. The van der Waals surface area contributed by atoms with E-state index in [0.717, 1.165) is 5.39 Å². The summed E-state index contributed by atoms with van der Waals surface area (Å²) >= 11 is 5.47. The van der Waals surface area contributed by atoms with Crippen LogP contribution in [0.25, 0.3) is 11.0 Å². The second-order valence-electron chi connectivity index (χ2n) is 4.22. The van der Waals surface area contributed by atoms with Crippen molar-refractivity contribution in [1.29, 1.82) is 0 Å². The molecule has 114 valence electrons. The number of hydrogen-bond acceptors (Lipinski definition) is 5. The van der Waals surface area contributed by atoms with E-state index in [1.54, 1.807) is 12.1 Å². The molecule has 0 aliphatic heterocycles. The normalized spacial score (nSPS) is 10.9. The topological polar surface area (TPSA) is 57.9 Å². The van der Waals surface area contributed by atoms with Gasteiger partial charge in [0.1, 0.15) is 17.9 Å². The van der Waals surface area contributed by atoms with Gasteiger partial charge in [0.2, 0.25) is 0 Å². The predicted molar refractivity (Wildman–Crippen MR) is 80.3 cm³/mol. The quantitative estimate of drug-likeness (QED) is 0.404. The highest BCUT2D eigenvalue weighted by Crippen LogP contribution is 2.19. The summed E-state index contributed by atoms with van der Waals surface area (Å²) in [5.74, 6) is 1.13. The van der Waals surface area contributed by atoms with Crippen LogP contribution in [0.2, 0.25) is 0 Å². The molecule has 6 heteroatoms. The average Bonchev–Trinajstić information content (AvgIpc) is 2.49. The monoisotopic (exact) mass is 312 g/mol. The lowest BCUT2D eigenvalue weighted by Crippen LogP contribution is -2.11. The fourth-order valence-corrected chi connectivity index (χ4v) is 1.83. The third-order valence-electron chi connectivity index (χ3n) is 2.68. The maximum absolute atomic E-state index is 11.2. The van der Waals surface area contributed by atoms with Crippen LogP contribution >= 0.6 is 11.6 Å². The highest BCUT2D eigenvalue weighted by atomic mass is 35.5. The standard InChI is InChI=1S/C15H17ClO5/c16-5-6-18-7-8-19-9-10-20-13-3-1-12-2-4-15(17)21-14(12)11-13/h1-4,11H,5-10H2. The van der Waals surface area contributed by atoms with Gasteiger partial charge in [0.15, 0.2) is 0 Å². The molecule has 1 aromatic carbocycles. The second kappa shape index (κ2) is 8.67. The number of rotatable bonds is 9. The number of benzene rings is 1. The summed E-state index contributed by atoms with van der Waals surface area (Å²) in [6.07, 6.45) is 0. The van der Waals surface area contributed by atoms with Crippen LogP contribution in [0, 0.1) is 0 Å². The van der Waals surface area contributed by atoms with E-state index in [2.05, 4.69) is 0 Å². The zero-order valence-electron chi connectivity index (χ0n) is 11.5. The molecule has 0 aliphatic rings. The minimum Gasteiger partial charge on any atom is -0.491 e. The van der Waals surface area contributed by atoms with Crippen LogP contribution < -0.4 is 10.4 Å².